The second-order valence-electron chi connectivity index (χ2n) is 10.2. The summed E-state index contributed by atoms with van der Waals surface area (Å²) in [6.07, 6.45) is 0.582. The molecule has 2 aliphatic rings. The van der Waals surface area contributed by atoms with Gasteiger partial charge in [0.25, 0.3) is 0 Å². The van der Waals surface area contributed by atoms with Crippen molar-refractivity contribution in [1.29, 1.82) is 0 Å². The van der Waals surface area contributed by atoms with Crippen LogP contribution in [0.1, 0.15) is 43.0 Å². The number of allylic oxidation sites excluding steroid dienone is 2. The number of amides is 1. The van der Waals surface area contributed by atoms with Crippen LogP contribution in [0.5, 0.6) is 5.75 Å². The zero-order chi connectivity index (χ0) is 29.4. The summed E-state index contributed by atoms with van der Waals surface area (Å²) in [5, 5.41) is 0. The normalized spacial score (nSPS) is 22.9. The predicted octanol–water partition coefficient (Wildman–Crippen LogP) is 4.91. The second kappa shape index (κ2) is 13.9. The molecule has 1 aromatic carbocycles. The van der Waals surface area contributed by atoms with E-state index in [-0.39, 0.29) is 47.6 Å². The van der Waals surface area contributed by atoms with E-state index >= 15 is 0 Å². The van der Waals surface area contributed by atoms with Gasteiger partial charge >= 0.3 is 12.1 Å². The Hall–Kier alpha value is -3.18. The van der Waals surface area contributed by atoms with Crippen LogP contribution in [0.2, 0.25) is 0 Å². The van der Waals surface area contributed by atoms with E-state index in [1.165, 1.54) is 50.5 Å². The van der Waals surface area contributed by atoms with E-state index in [0.29, 0.717) is 25.0 Å². The van der Waals surface area contributed by atoms with Crippen molar-refractivity contribution in [2.75, 3.05) is 39.4 Å². The third-order valence-corrected chi connectivity index (χ3v) is 7.31. The highest BCUT2D eigenvalue weighted by molar-refractivity contribution is 6.04. The number of carbonyl (C=O) groups excluding carboxylic acids is 3. The van der Waals surface area contributed by atoms with Crippen LogP contribution in [0.15, 0.2) is 42.0 Å². The van der Waals surface area contributed by atoms with Crippen LogP contribution in [0.25, 0.3) is 0 Å². The molecule has 0 N–H and O–H groups in total. The number of methoxy groups -OCH3 is 3. The molecule has 11 heteroatoms. The molecule has 0 aliphatic heterocycles. The first-order chi connectivity index (χ1) is 19.0. The molecule has 0 saturated heterocycles. The van der Waals surface area contributed by atoms with E-state index in [9.17, 15) is 27.6 Å². The van der Waals surface area contributed by atoms with Crippen molar-refractivity contribution < 1.29 is 46.5 Å². The predicted molar refractivity (Wildman–Crippen MR) is 141 cm³/mol. The average Bonchev–Trinajstić information content (AvgIpc) is 2.93. The van der Waals surface area contributed by atoms with Gasteiger partial charge in [0.1, 0.15) is 24.1 Å². The molecule has 0 radical (unpaired) electrons. The van der Waals surface area contributed by atoms with Crippen molar-refractivity contribution in [3.8, 4) is 5.75 Å². The third kappa shape index (κ3) is 7.51. The van der Waals surface area contributed by atoms with Crippen molar-refractivity contribution in [2.45, 2.75) is 50.9 Å². The van der Waals surface area contributed by atoms with Crippen LogP contribution in [0, 0.1) is 17.8 Å². The van der Waals surface area contributed by atoms with Gasteiger partial charge in [-0.1, -0.05) is 19.1 Å². The highest BCUT2D eigenvalue weighted by Gasteiger charge is 2.45. The first kappa shape index (κ1) is 31.3. The standard InChI is InChI=1S/C29H36F3NO7/c1-18-5-8-20(9-6-18)27(35)33(21(16-37-2)17-38-3)25-11-10-22(14-23(25)28(36)39-4)40-26-12-7-19(15-34)13-24(26)29(30,31)32/h7,10-15,18,20-21,24,26H,5-6,8-9,16-17H2,1-4H3. The SMILES string of the molecule is COCC(COC)N(C(=O)C1CCC(C)CC1)c1ccc(OC2C=CC(C=O)=CC2C(F)(F)F)cc1C(=O)OC. The number of anilines is 1. The van der Waals surface area contributed by atoms with Crippen molar-refractivity contribution in [3.63, 3.8) is 0 Å². The minimum absolute atomic E-state index is 0.0371. The number of halogens is 3. The fourth-order valence-corrected chi connectivity index (χ4v) is 5.17. The molecule has 0 aromatic heterocycles. The summed E-state index contributed by atoms with van der Waals surface area (Å²) >= 11 is 0. The molecule has 220 valence electrons. The van der Waals surface area contributed by atoms with Gasteiger partial charge in [-0.3, -0.25) is 9.59 Å². The van der Waals surface area contributed by atoms with Crippen molar-refractivity contribution in [1.82, 2.24) is 0 Å². The van der Waals surface area contributed by atoms with Gasteiger partial charge in [0.05, 0.1) is 37.6 Å². The highest BCUT2D eigenvalue weighted by Crippen LogP contribution is 2.38. The van der Waals surface area contributed by atoms with Crippen molar-refractivity contribution >= 4 is 23.9 Å². The number of ether oxygens (including phenoxy) is 4. The fraction of sp³-hybridized carbons (Fsp3) is 0.552. The molecule has 2 aliphatic carbocycles. The van der Waals surface area contributed by atoms with Gasteiger partial charge in [0.2, 0.25) is 5.91 Å². The summed E-state index contributed by atoms with van der Waals surface area (Å²) in [5.74, 6) is -2.85. The number of rotatable bonds is 11. The van der Waals surface area contributed by atoms with E-state index in [4.69, 9.17) is 18.9 Å². The molecule has 2 unspecified atom stereocenters. The van der Waals surface area contributed by atoms with Crippen LogP contribution in [0.4, 0.5) is 18.9 Å². The molecule has 1 saturated carbocycles. The van der Waals surface area contributed by atoms with E-state index in [0.717, 1.165) is 25.0 Å². The molecule has 3 rings (SSSR count). The van der Waals surface area contributed by atoms with Crippen molar-refractivity contribution in [2.24, 2.45) is 17.8 Å². The average molecular weight is 568 g/mol. The Kier molecular flexibility index (Phi) is 10.9. The Bertz CT molecular complexity index is 1100. The Morgan fingerprint density at radius 1 is 1.07 bits per heavy atom. The van der Waals surface area contributed by atoms with Gasteiger partial charge in [0.15, 0.2) is 0 Å². The maximum Gasteiger partial charge on any atom is 0.399 e. The molecule has 1 aromatic rings. The smallest absolute Gasteiger partial charge is 0.399 e. The lowest BCUT2D eigenvalue weighted by atomic mass is 9.82. The highest BCUT2D eigenvalue weighted by atomic mass is 19.4. The number of benzene rings is 1. The number of alkyl halides is 3. The molecular weight excluding hydrogens is 531 g/mol. The lowest BCUT2D eigenvalue weighted by molar-refractivity contribution is -0.176. The zero-order valence-electron chi connectivity index (χ0n) is 23.1. The van der Waals surface area contributed by atoms with Gasteiger partial charge in [-0.2, -0.15) is 13.2 Å². The molecule has 0 spiro atoms. The Balaban J connectivity index is 2.03. The van der Waals surface area contributed by atoms with Gasteiger partial charge < -0.3 is 23.8 Å². The molecule has 0 heterocycles. The molecule has 8 nitrogen and oxygen atoms in total. The molecule has 1 amide bonds. The van der Waals surface area contributed by atoms with Crippen LogP contribution < -0.4 is 9.64 Å². The Morgan fingerprint density at radius 3 is 2.27 bits per heavy atom. The number of esters is 1. The number of aldehydes is 1. The molecule has 0 bridgehead atoms. The maximum atomic E-state index is 13.9. The zero-order valence-corrected chi connectivity index (χ0v) is 23.1. The quantitative estimate of drug-likeness (QED) is 0.277. The summed E-state index contributed by atoms with van der Waals surface area (Å²) in [6, 6.07) is 3.55. The van der Waals surface area contributed by atoms with Gasteiger partial charge in [-0.25, -0.2) is 4.79 Å². The monoisotopic (exact) mass is 567 g/mol. The summed E-state index contributed by atoms with van der Waals surface area (Å²) in [7, 11) is 4.15. The van der Waals surface area contributed by atoms with E-state index in [1.54, 1.807) is 0 Å². The van der Waals surface area contributed by atoms with Crippen LogP contribution in [-0.4, -0.2) is 71.0 Å². The first-order valence-electron chi connectivity index (χ1n) is 13.2. The molecule has 2 atom stereocenters. The second-order valence-corrected chi connectivity index (χ2v) is 10.2. The number of nitrogens with zero attached hydrogens (tertiary/aromatic N) is 1. The number of hydrogen-bond donors (Lipinski definition) is 0. The van der Waals surface area contributed by atoms with Crippen LogP contribution >= 0.6 is 0 Å². The van der Waals surface area contributed by atoms with Crippen LogP contribution in [-0.2, 0) is 23.8 Å². The summed E-state index contributed by atoms with van der Waals surface area (Å²) < 4.78 is 62.6. The minimum Gasteiger partial charge on any atom is -0.485 e. The summed E-state index contributed by atoms with van der Waals surface area (Å²) in [6.45, 7) is 2.38. The van der Waals surface area contributed by atoms with Gasteiger partial charge in [-0.15, -0.1) is 0 Å². The molecule has 40 heavy (non-hydrogen) atoms. The number of hydrogen-bond acceptors (Lipinski definition) is 7. The first-order valence-corrected chi connectivity index (χ1v) is 13.2. The Morgan fingerprint density at radius 2 is 1.73 bits per heavy atom. The van der Waals surface area contributed by atoms with E-state index in [2.05, 4.69) is 6.92 Å². The van der Waals surface area contributed by atoms with Gasteiger partial charge in [0, 0.05) is 25.7 Å². The summed E-state index contributed by atoms with van der Waals surface area (Å²) in [4.78, 5) is 39.4. The maximum absolute atomic E-state index is 13.9. The fourth-order valence-electron chi connectivity index (χ4n) is 5.17. The lowest BCUT2D eigenvalue weighted by Gasteiger charge is -2.36. The topological polar surface area (TPSA) is 91.4 Å². The largest absolute Gasteiger partial charge is 0.485 e. The third-order valence-electron chi connectivity index (χ3n) is 7.31. The summed E-state index contributed by atoms with van der Waals surface area (Å²) in [5.41, 5.74) is 0.0557. The Labute approximate surface area is 232 Å². The number of carbonyl (C=O) groups is 3. The van der Waals surface area contributed by atoms with Crippen molar-refractivity contribution in [3.05, 3.63) is 47.6 Å². The van der Waals surface area contributed by atoms with Crippen LogP contribution in [0.3, 0.4) is 0 Å². The van der Waals surface area contributed by atoms with E-state index < -0.39 is 30.2 Å². The van der Waals surface area contributed by atoms with Gasteiger partial charge in [-0.05, 0) is 55.9 Å². The minimum atomic E-state index is -4.68. The lowest BCUT2D eigenvalue weighted by Crippen LogP contribution is -2.49. The molecule has 1 fully saturated rings. The van der Waals surface area contributed by atoms with E-state index in [1.807, 2.05) is 0 Å². The molecular formula is C29H36F3NO7.